The van der Waals surface area contributed by atoms with Crippen LogP contribution in [0.4, 0.5) is 4.79 Å². The Morgan fingerprint density at radius 2 is 2.06 bits per heavy atom. The van der Waals surface area contributed by atoms with Gasteiger partial charge in [0.1, 0.15) is 6.54 Å². The summed E-state index contributed by atoms with van der Waals surface area (Å²) >= 11 is 0. The van der Waals surface area contributed by atoms with Gasteiger partial charge in [0.2, 0.25) is 0 Å². The fraction of sp³-hybridized carbons (Fsp3) is 0.833. The van der Waals surface area contributed by atoms with Crippen molar-refractivity contribution in [2.75, 3.05) is 19.6 Å². The molecule has 0 bridgehead atoms. The first kappa shape index (κ1) is 13.8. The van der Waals surface area contributed by atoms with Gasteiger partial charge in [-0.15, -0.1) is 0 Å². The van der Waals surface area contributed by atoms with Gasteiger partial charge in [0.15, 0.2) is 0 Å². The zero-order valence-corrected chi connectivity index (χ0v) is 10.7. The van der Waals surface area contributed by atoms with E-state index in [2.05, 4.69) is 12.2 Å². The predicted octanol–water partition coefficient (Wildman–Crippen LogP) is 1.68. The number of carbonyl (C=O) groups excluding carboxylic acids is 1. The number of amides is 2. The van der Waals surface area contributed by atoms with Crippen molar-refractivity contribution in [2.24, 2.45) is 5.41 Å². The molecule has 1 saturated carbocycles. The standard InChI is InChI=1S/C12H22N2O3/c1-3-7-14(8-10(15)16)11(17)13-9-12(2)5-4-6-12/h3-9H2,1-2H3,(H,13,17)(H,15,16). The third-order valence-electron chi connectivity index (χ3n) is 3.33. The Hall–Kier alpha value is -1.26. The van der Waals surface area contributed by atoms with Crippen molar-refractivity contribution in [1.29, 1.82) is 0 Å². The van der Waals surface area contributed by atoms with Crippen molar-refractivity contribution in [1.82, 2.24) is 10.2 Å². The van der Waals surface area contributed by atoms with E-state index >= 15 is 0 Å². The number of hydrogen-bond acceptors (Lipinski definition) is 2. The van der Waals surface area contributed by atoms with E-state index in [1.165, 1.54) is 11.3 Å². The molecule has 0 aromatic rings. The highest BCUT2D eigenvalue weighted by atomic mass is 16.4. The van der Waals surface area contributed by atoms with Gasteiger partial charge in [0.25, 0.3) is 0 Å². The van der Waals surface area contributed by atoms with Crippen LogP contribution in [0, 0.1) is 5.41 Å². The Kier molecular flexibility index (Phi) is 4.78. The molecule has 0 spiro atoms. The first-order valence-corrected chi connectivity index (χ1v) is 6.21. The second-order valence-electron chi connectivity index (χ2n) is 5.14. The summed E-state index contributed by atoms with van der Waals surface area (Å²) < 4.78 is 0. The molecule has 5 heteroatoms. The Morgan fingerprint density at radius 3 is 2.47 bits per heavy atom. The first-order valence-electron chi connectivity index (χ1n) is 6.21. The Labute approximate surface area is 102 Å². The summed E-state index contributed by atoms with van der Waals surface area (Å²) in [5.41, 5.74) is 0.219. The Morgan fingerprint density at radius 1 is 1.41 bits per heavy atom. The zero-order chi connectivity index (χ0) is 12.9. The lowest BCUT2D eigenvalue weighted by Gasteiger charge is -2.38. The number of nitrogens with zero attached hydrogens (tertiary/aromatic N) is 1. The van der Waals surface area contributed by atoms with Gasteiger partial charge in [0, 0.05) is 13.1 Å². The summed E-state index contributed by atoms with van der Waals surface area (Å²) in [6, 6.07) is -0.262. The number of rotatable bonds is 6. The average molecular weight is 242 g/mol. The molecular formula is C12H22N2O3. The maximum atomic E-state index is 11.8. The van der Waals surface area contributed by atoms with E-state index < -0.39 is 5.97 Å². The molecule has 0 atom stereocenters. The van der Waals surface area contributed by atoms with Gasteiger partial charge in [-0.3, -0.25) is 4.79 Å². The van der Waals surface area contributed by atoms with Crippen LogP contribution in [0.1, 0.15) is 39.5 Å². The van der Waals surface area contributed by atoms with Gasteiger partial charge < -0.3 is 15.3 Å². The van der Waals surface area contributed by atoms with Crippen molar-refractivity contribution in [2.45, 2.75) is 39.5 Å². The third-order valence-corrected chi connectivity index (χ3v) is 3.33. The van der Waals surface area contributed by atoms with Crippen LogP contribution in [0.3, 0.4) is 0 Å². The highest BCUT2D eigenvalue weighted by molar-refractivity contribution is 5.80. The number of carboxylic acids is 1. The minimum Gasteiger partial charge on any atom is -0.480 e. The second kappa shape index (κ2) is 5.89. The Bertz CT molecular complexity index is 287. The molecule has 1 aliphatic carbocycles. The van der Waals surface area contributed by atoms with Crippen LogP contribution in [-0.4, -0.2) is 41.6 Å². The van der Waals surface area contributed by atoms with Gasteiger partial charge in [0.05, 0.1) is 0 Å². The van der Waals surface area contributed by atoms with Crippen LogP contribution in [0.5, 0.6) is 0 Å². The molecule has 0 unspecified atom stereocenters. The molecule has 1 fully saturated rings. The van der Waals surface area contributed by atoms with Crippen molar-refractivity contribution in [3.05, 3.63) is 0 Å². The van der Waals surface area contributed by atoms with Crippen LogP contribution in [0.25, 0.3) is 0 Å². The molecule has 1 aliphatic rings. The van der Waals surface area contributed by atoms with Crippen LogP contribution < -0.4 is 5.32 Å². The van der Waals surface area contributed by atoms with E-state index in [-0.39, 0.29) is 18.0 Å². The Balaban J connectivity index is 2.38. The van der Waals surface area contributed by atoms with Crippen LogP contribution in [0.15, 0.2) is 0 Å². The number of urea groups is 1. The molecule has 17 heavy (non-hydrogen) atoms. The SMILES string of the molecule is CCCN(CC(=O)O)C(=O)NCC1(C)CCC1. The molecule has 0 saturated heterocycles. The number of aliphatic carboxylic acids is 1. The minimum atomic E-state index is -0.969. The van der Waals surface area contributed by atoms with Gasteiger partial charge in [-0.25, -0.2) is 4.79 Å². The summed E-state index contributed by atoms with van der Waals surface area (Å²) in [6.45, 7) is 4.98. The quantitative estimate of drug-likeness (QED) is 0.744. The van der Waals surface area contributed by atoms with Crippen LogP contribution >= 0.6 is 0 Å². The summed E-state index contributed by atoms with van der Waals surface area (Å²) in [5, 5.41) is 11.6. The normalized spacial score (nSPS) is 17.1. The smallest absolute Gasteiger partial charge is 0.323 e. The maximum absolute atomic E-state index is 11.8. The molecule has 2 N–H and O–H groups in total. The van der Waals surface area contributed by atoms with Gasteiger partial charge >= 0.3 is 12.0 Å². The minimum absolute atomic E-state index is 0.219. The molecule has 0 heterocycles. The maximum Gasteiger partial charge on any atom is 0.323 e. The molecular weight excluding hydrogens is 220 g/mol. The molecule has 5 nitrogen and oxygen atoms in total. The van der Waals surface area contributed by atoms with E-state index in [9.17, 15) is 9.59 Å². The molecule has 98 valence electrons. The second-order valence-corrected chi connectivity index (χ2v) is 5.14. The lowest BCUT2D eigenvalue weighted by Crippen LogP contribution is -2.47. The van der Waals surface area contributed by atoms with Crippen molar-refractivity contribution in [3.8, 4) is 0 Å². The van der Waals surface area contributed by atoms with Crippen molar-refractivity contribution >= 4 is 12.0 Å². The first-order chi connectivity index (χ1) is 7.97. The van der Waals surface area contributed by atoms with Crippen LogP contribution in [-0.2, 0) is 4.79 Å². The van der Waals surface area contributed by atoms with Gasteiger partial charge in [-0.2, -0.15) is 0 Å². The summed E-state index contributed by atoms with van der Waals surface area (Å²) in [5.74, 6) is -0.969. The number of carbonyl (C=O) groups is 2. The van der Waals surface area contributed by atoms with Gasteiger partial charge in [-0.05, 0) is 24.7 Å². The predicted molar refractivity (Wildman–Crippen MR) is 64.9 cm³/mol. The van der Waals surface area contributed by atoms with Crippen molar-refractivity contribution < 1.29 is 14.7 Å². The summed E-state index contributed by atoms with van der Waals surface area (Å²) in [6.07, 6.45) is 4.26. The number of nitrogens with one attached hydrogen (secondary N) is 1. The van der Waals surface area contributed by atoms with E-state index in [0.717, 1.165) is 19.3 Å². The highest BCUT2D eigenvalue weighted by Gasteiger charge is 2.32. The number of hydrogen-bond donors (Lipinski definition) is 2. The van der Waals surface area contributed by atoms with Crippen molar-refractivity contribution in [3.63, 3.8) is 0 Å². The third kappa shape index (κ3) is 4.24. The largest absolute Gasteiger partial charge is 0.480 e. The monoisotopic (exact) mass is 242 g/mol. The molecule has 0 aromatic heterocycles. The molecule has 0 aliphatic heterocycles. The highest BCUT2D eigenvalue weighted by Crippen LogP contribution is 2.39. The van der Waals surface area contributed by atoms with E-state index in [0.29, 0.717) is 13.1 Å². The lowest BCUT2D eigenvalue weighted by molar-refractivity contribution is -0.137. The molecule has 0 radical (unpaired) electrons. The van der Waals surface area contributed by atoms with Crippen LogP contribution in [0.2, 0.25) is 0 Å². The average Bonchev–Trinajstić information content (AvgIpc) is 2.22. The molecule has 1 rings (SSSR count). The molecule has 0 aromatic carbocycles. The fourth-order valence-electron chi connectivity index (χ4n) is 2.04. The topological polar surface area (TPSA) is 69.6 Å². The summed E-state index contributed by atoms with van der Waals surface area (Å²) in [4.78, 5) is 23.8. The lowest BCUT2D eigenvalue weighted by atomic mass is 9.70. The summed E-state index contributed by atoms with van der Waals surface area (Å²) in [7, 11) is 0. The van der Waals surface area contributed by atoms with E-state index in [4.69, 9.17) is 5.11 Å². The fourth-order valence-corrected chi connectivity index (χ4v) is 2.04. The van der Waals surface area contributed by atoms with Gasteiger partial charge in [-0.1, -0.05) is 20.3 Å². The van der Waals surface area contributed by atoms with E-state index in [1.807, 2.05) is 6.92 Å². The molecule has 2 amide bonds. The number of carboxylic acid groups (broad SMARTS) is 1. The van der Waals surface area contributed by atoms with E-state index in [1.54, 1.807) is 0 Å². The zero-order valence-electron chi connectivity index (χ0n) is 10.7.